The van der Waals surface area contributed by atoms with E-state index in [-0.39, 0.29) is 18.3 Å². The van der Waals surface area contributed by atoms with Crippen LogP contribution in [0.5, 0.6) is 0 Å². The van der Waals surface area contributed by atoms with Crippen LogP contribution in [0, 0.1) is 0 Å². The van der Waals surface area contributed by atoms with Crippen molar-refractivity contribution < 1.29 is 19.1 Å². The molecule has 1 N–H and O–H groups in total. The number of anilines is 1. The molecule has 0 aliphatic carbocycles. The van der Waals surface area contributed by atoms with Crippen LogP contribution in [-0.2, 0) is 14.3 Å². The third-order valence-electron chi connectivity index (χ3n) is 4.66. The normalized spacial score (nSPS) is 10.5. The highest BCUT2D eigenvalue weighted by atomic mass is 16.5. The van der Waals surface area contributed by atoms with Crippen molar-refractivity contribution in [3.63, 3.8) is 0 Å². The molecule has 5 nitrogen and oxygen atoms in total. The summed E-state index contributed by atoms with van der Waals surface area (Å²) in [5.41, 5.74) is 2.63. The lowest BCUT2D eigenvalue weighted by Crippen LogP contribution is -2.21. The molecule has 3 aromatic rings. The molecule has 0 saturated carbocycles. The second-order valence-corrected chi connectivity index (χ2v) is 6.76. The van der Waals surface area contributed by atoms with E-state index in [0.717, 1.165) is 11.1 Å². The van der Waals surface area contributed by atoms with Gasteiger partial charge in [-0.1, -0.05) is 67.6 Å². The number of rotatable bonds is 8. The second-order valence-electron chi connectivity index (χ2n) is 6.76. The van der Waals surface area contributed by atoms with E-state index < -0.39 is 11.9 Å². The van der Waals surface area contributed by atoms with Crippen LogP contribution in [0.3, 0.4) is 0 Å². The van der Waals surface area contributed by atoms with Crippen LogP contribution < -0.4 is 5.32 Å². The van der Waals surface area contributed by atoms with Crippen molar-refractivity contribution in [3.05, 3.63) is 102 Å². The van der Waals surface area contributed by atoms with E-state index in [0.29, 0.717) is 17.7 Å². The molecule has 0 fully saturated rings. The van der Waals surface area contributed by atoms with Gasteiger partial charge in [0.25, 0.3) is 0 Å². The first-order valence-electron chi connectivity index (χ1n) is 9.78. The minimum Gasteiger partial charge on any atom is -0.457 e. The molecule has 0 atom stereocenters. The molecule has 0 unspecified atom stereocenters. The van der Waals surface area contributed by atoms with Gasteiger partial charge in [-0.25, -0.2) is 0 Å². The number of ketones is 1. The van der Waals surface area contributed by atoms with Gasteiger partial charge < -0.3 is 10.1 Å². The zero-order chi connectivity index (χ0) is 21.3. The fourth-order valence-electron chi connectivity index (χ4n) is 3.05. The number of Topliss-reactive ketones (excluding diaryl/α,β-unsaturated/α-hetero) is 1. The van der Waals surface area contributed by atoms with Crippen molar-refractivity contribution in [1.82, 2.24) is 0 Å². The van der Waals surface area contributed by atoms with Gasteiger partial charge in [-0.2, -0.15) is 0 Å². The van der Waals surface area contributed by atoms with Crippen molar-refractivity contribution in [2.45, 2.75) is 19.3 Å². The van der Waals surface area contributed by atoms with Gasteiger partial charge in [-0.15, -0.1) is 0 Å². The number of amides is 1. The smallest absolute Gasteiger partial charge is 0.318 e. The molecular formula is C25H23NO4. The van der Waals surface area contributed by atoms with E-state index >= 15 is 0 Å². The zero-order valence-electron chi connectivity index (χ0n) is 16.7. The van der Waals surface area contributed by atoms with E-state index in [2.05, 4.69) is 5.32 Å². The Balaban J connectivity index is 1.68. The molecule has 0 aromatic heterocycles. The lowest BCUT2D eigenvalue weighted by molar-refractivity contribution is -0.143. The van der Waals surface area contributed by atoms with E-state index in [1.54, 1.807) is 31.2 Å². The van der Waals surface area contributed by atoms with Crippen LogP contribution in [0.15, 0.2) is 84.9 Å². The Labute approximate surface area is 175 Å². The largest absolute Gasteiger partial charge is 0.457 e. The van der Waals surface area contributed by atoms with Gasteiger partial charge in [-0.3, -0.25) is 14.4 Å². The molecule has 0 aliphatic heterocycles. The predicted octanol–water partition coefficient (Wildman–Crippen LogP) is 4.59. The Bertz CT molecular complexity index is 959. The molecule has 152 valence electrons. The second kappa shape index (κ2) is 10.2. The summed E-state index contributed by atoms with van der Waals surface area (Å²) in [7, 11) is 0. The maximum Gasteiger partial charge on any atom is 0.318 e. The summed E-state index contributed by atoms with van der Waals surface area (Å²) in [4.78, 5) is 36.8. The van der Waals surface area contributed by atoms with Crippen molar-refractivity contribution in [2.75, 3.05) is 11.9 Å². The molecule has 30 heavy (non-hydrogen) atoms. The molecule has 1 amide bonds. The number of nitrogens with one attached hydrogen (secondary N) is 1. The zero-order valence-corrected chi connectivity index (χ0v) is 16.7. The molecule has 3 aromatic carbocycles. The number of esters is 1. The van der Waals surface area contributed by atoms with Gasteiger partial charge in [0.15, 0.2) is 12.4 Å². The summed E-state index contributed by atoms with van der Waals surface area (Å²) in [6.07, 6.45) is 0.376. The molecule has 0 spiro atoms. The van der Waals surface area contributed by atoms with Gasteiger partial charge in [0.1, 0.15) is 5.92 Å². The first kappa shape index (κ1) is 21.0. The molecule has 0 aliphatic rings. The van der Waals surface area contributed by atoms with Crippen molar-refractivity contribution in [3.8, 4) is 0 Å². The number of hydrogen-bond acceptors (Lipinski definition) is 4. The van der Waals surface area contributed by atoms with Gasteiger partial charge >= 0.3 is 5.97 Å². The van der Waals surface area contributed by atoms with Crippen LogP contribution in [0.2, 0.25) is 0 Å². The van der Waals surface area contributed by atoms with Crippen molar-refractivity contribution >= 4 is 23.3 Å². The lowest BCUT2D eigenvalue weighted by Gasteiger charge is -2.17. The van der Waals surface area contributed by atoms with Crippen molar-refractivity contribution in [1.29, 1.82) is 0 Å². The van der Waals surface area contributed by atoms with Crippen LogP contribution in [-0.4, -0.2) is 24.3 Å². The van der Waals surface area contributed by atoms with E-state index in [9.17, 15) is 14.4 Å². The van der Waals surface area contributed by atoms with Crippen LogP contribution >= 0.6 is 0 Å². The summed E-state index contributed by atoms with van der Waals surface area (Å²) in [5, 5.41) is 2.72. The van der Waals surface area contributed by atoms with Crippen LogP contribution in [0.25, 0.3) is 0 Å². The highest BCUT2D eigenvalue weighted by Crippen LogP contribution is 2.26. The standard InChI is InChI=1S/C25H23NO4/c1-2-23(28)26-21-15-13-18(14-16-21)22(27)17-30-25(29)24(19-9-5-3-6-10-19)20-11-7-4-8-12-20/h3-16,24H,2,17H2,1H3,(H,26,28). The average molecular weight is 401 g/mol. The van der Waals surface area contributed by atoms with Gasteiger partial charge in [-0.05, 0) is 35.4 Å². The molecule has 0 bridgehead atoms. The number of ether oxygens (including phenoxy) is 1. The Morgan fingerprint density at radius 3 is 1.83 bits per heavy atom. The maximum atomic E-state index is 12.9. The Morgan fingerprint density at radius 1 is 0.800 bits per heavy atom. The molecule has 3 rings (SSSR count). The first-order valence-corrected chi connectivity index (χ1v) is 9.78. The molecule has 0 radical (unpaired) electrons. The minimum absolute atomic E-state index is 0.101. The Morgan fingerprint density at radius 2 is 1.33 bits per heavy atom. The first-order chi connectivity index (χ1) is 14.6. The monoisotopic (exact) mass is 401 g/mol. The molecule has 0 heterocycles. The summed E-state index contributed by atoms with van der Waals surface area (Å²) >= 11 is 0. The Kier molecular flexibility index (Phi) is 7.11. The summed E-state index contributed by atoms with van der Waals surface area (Å²) in [6, 6.07) is 25.2. The number of carbonyl (C=O) groups excluding carboxylic acids is 3. The summed E-state index contributed by atoms with van der Waals surface area (Å²) < 4.78 is 5.38. The summed E-state index contributed by atoms with van der Waals surface area (Å²) in [5.74, 6) is -1.49. The maximum absolute atomic E-state index is 12.9. The van der Waals surface area contributed by atoms with Crippen LogP contribution in [0.1, 0.15) is 40.7 Å². The molecule has 5 heteroatoms. The van der Waals surface area contributed by atoms with Gasteiger partial charge in [0.2, 0.25) is 5.91 Å². The molecule has 0 saturated heterocycles. The lowest BCUT2D eigenvalue weighted by atomic mass is 9.91. The van der Waals surface area contributed by atoms with Crippen LogP contribution in [0.4, 0.5) is 5.69 Å². The third kappa shape index (κ3) is 5.41. The Hall–Kier alpha value is -3.73. The predicted molar refractivity (Wildman–Crippen MR) is 115 cm³/mol. The van der Waals surface area contributed by atoms with Crippen molar-refractivity contribution in [2.24, 2.45) is 0 Å². The minimum atomic E-state index is -0.605. The van der Waals surface area contributed by atoms with E-state index in [4.69, 9.17) is 4.74 Å². The highest BCUT2D eigenvalue weighted by molar-refractivity contribution is 5.99. The number of hydrogen-bond donors (Lipinski definition) is 1. The van der Waals surface area contributed by atoms with E-state index in [1.165, 1.54) is 0 Å². The SMILES string of the molecule is CCC(=O)Nc1ccc(C(=O)COC(=O)C(c2ccccc2)c2ccccc2)cc1. The third-order valence-corrected chi connectivity index (χ3v) is 4.66. The average Bonchev–Trinajstić information content (AvgIpc) is 2.79. The highest BCUT2D eigenvalue weighted by Gasteiger charge is 2.25. The quantitative estimate of drug-likeness (QED) is 0.442. The fourth-order valence-corrected chi connectivity index (χ4v) is 3.05. The fraction of sp³-hybridized carbons (Fsp3) is 0.160. The van der Waals surface area contributed by atoms with Gasteiger partial charge in [0.05, 0.1) is 0 Å². The topological polar surface area (TPSA) is 72.5 Å². The molecular weight excluding hydrogens is 378 g/mol. The number of benzene rings is 3. The van der Waals surface area contributed by atoms with E-state index in [1.807, 2.05) is 60.7 Å². The van der Waals surface area contributed by atoms with Gasteiger partial charge in [0, 0.05) is 17.7 Å². The summed E-state index contributed by atoms with van der Waals surface area (Å²) in [6.45, 7) is 1.41. The number of carbonyl (C=O) groups is 3.